The highest BCUT2D eigenvalue weighted by Gasteiger charge is 2.38. The normalized spacial score (nSPS) is 17.0. The number of rotatable bonds is 9. The molecule has 0 spiro atoms. The number of thioether (sulfide) groups is 2. The first kappa shape index (κ1) is 18.7. The lowest BCUT2D eigenvalue weighted by molar-refractivity contribution is -0.132. The highest BCUT2D eigenvalue weighted by Crippen LogP contribution is 2.15. The number of nitrogens with one attached hydrogen (secondary N) is 2. The summed E-state index contributed by atoms with van der Waals surface area (Å²) in [6.07, 6.45) is 2.53. The van der Waals surface area contributed by atoms with Gasteiger partial charge in [-0.25, -0.2) is 4.79 Å². The first-order chi connectivity index (χ1) is 11.6. The first-order valence-corrected chi connectivity index (χ1v) is 10.0. The van der Waals surface area contributed by atoms with Gasteiger partial charge in [-0.2, -0.15) is 11.8 Å². The second-order valence-corrected chi connectivity index (χ2v) is 7.37. The molecule has 2 N–H and O–H groups in total. The topological polar surface area (TPSA) is 78.5 Å². The van der Waals surface area contributed by atoms with Crippen LogP contribution in [-0.2, 0) is 9.59 Å². The van der Waals surface area contributed by atoms with E-state index in [1.54, 1.807) is 23.5 Å². The number of carbonyl (C=O) groups is 3. The Bertz CT molecular complexity index is 583. The largest absolute Gasteiger partial charge is 0.354 e. The Labute approximate surface area is 150 Å². The van der Waals surface area contributed by atoms with E-state index in [1.807, 2.05) is 36.6 Å². The molecule has 0 unspecified atom stereocenters. The van der Waals surface area contributed by atoms with Gasteiger partial charge in [0.1, 0.15) is 12.6 Å². The predicted octanol–water partition coefficient (Wildman–Crippen LogP) is 1.57. The van der Waals surface area contributed by atoms with Crippen LogP contribution in [0, 0.1) is 0 Å². The Morgan fingerprint density at radius 1 is 1.25 bits per heavy atom. The molecule has 0 aromatic heterocycles. The quantitative estimate of drug-likeness (QED) is 0.393. The third-order valence-electron chi connectivity index (χ3n) is 3.46. The third-order valence-corrected chi connectivity index (χ3v) is 5.11. The predicted molar refractivity (Wildman–Crippen MR) is 97.2 cm³/mol. The molecule has 8 heteroatoms. The van der Waals surface area contributed by atoms with Crippen molar-refractivity contribution < 1.29 is 14.4 Å². The van der Waals surface area contributed by atoms with Crippen LogP contribution in [0.2, 0.25) is 0 Å². The number of nitrogens with zero attached hydrogens (tertiary/aromatic N) is 1. The third kappa shape index (κ3) is 5.45. The maximum atomic E-state index is 12.1. The van der Waals surface area contributed by atoms with Gasteiger partial charge < -0.3 is 10.6 Å². The monoisotopic (exact) mass is 367 g/mol. The van der Waals surface area contributed by atoms with E-state index in [0.29, 0.717) is 13.0 Å². The summed E-state index contributed by atoms with van der Waals surface area (Å²) in [5.41, 5.74) is 0. The Balaban J connectivity index is 1.70. The van der Waals surface area contributed by atoms with E-state index in [4.69, 9.17) is 0 Å². The van der Waals surface area contributed by atoms with Crippen molar-refractivity contribution in [2.75, 3.05) is 30.9 Å². The lowest BCUT2D eigenvalue weighted by Gasteiger charge is -2.13. The molecule has 1 atom stereocenters. The van der Waals surface area contributed by atoms with Crippen LogP contribution in [0.5, 0.6) is 0 Å². The molecule has 24 heavy (non-hydrogen) atoms. The fourth-order valence-electron chi connectivity index (χ4n) is 2.23. The summed E-state index contributed by atoms with van der Waals surface area (Å²) in [7, 11) is 0. The average Bonchev–Trinajstić information content (AvgIpc) is 2.85. The van der Waals surface area contributed by atoms with E-state index < -0.39 is 12.1 Å². The van der Waals surface area contributed by atoms with Crippen molar-refractivity contribution in [2.45, 2.75) is 17.4 Å². The van der Waals surface area contributed by atoms with Crippen LogP contribution >= 0.6 is 23.5 Å². The van der Waals surface area contributed by atoms with E-state index in [-0.39, 0.29) is 18.4 Å². The van der Waals surface area contributed by atoms with Crippen molar-refractivity contribution in [1.82, 2.24) is 15.5 Å². The van der Waals surface area contributed by atoms with Gasteiger partial charge in [0.25, 0.3) is 5.91 Å². The number of benzene rings is 1. The molecule has 130 valence electrons. The number of hydrogen-bond acceptors (Lipinski definition) is 5. The van der Waals surface area contributed by atoms with Gasteiger partial charge in [0.2, 0.25) is 5.91 Å². The van der Waals surface area contributed by atoms with Gasteiger partial charge in [-0.1, -0.05) is 18.2 Å². The molecule has 0 saturated carbocycles. The molecule has 0 bridgehead atoms. The molecule has 2 rings (SSSR count). The maximum Gasteiger partial charge on any atom is 0.325 e. The molecule has 4 amide bonds. The van der Waals surface area contributed by atoms with Crippen molar-refractivity contribution in [1.29, 1.82) is 0 Å². The molecule has 6 nitrogen and oxygen atoms in total. The van der Waals surface area contributed by atoms with Crippen molar-refractivity contribution in [3.05, 3.63) is 30.3 Å². The van der Waals surface area contributed by atoms with Crippen LogP contribution in [0.25, 0.3) is 0 Å². The molecule has 1 saturated heterocycles. The summed E-state index contributed by atoms with van der Waals surface area (Å²) in [4.78, 5) is 38.0. The summed E-state index contributed by atoms with van der Waals surface area (Å²) in [6, 6.07) is 8.91. The van der Waals surface area contributed by atoms with Crippen LogP contribution in [0.4, 0.5) is 4.79 Å². The van der Waals surface area contributed by atoms with Crippen LogP contribution < -0.4 is 10.6 Å². The van der Waals surface area contributed by atoms with Gasteiger partial charge in [0.15, 0.2) is 0 Å². The summed E-state index contributed by atoms with van der Waals surface area (Å²) >= 11 is 3.25. The summed E-state index contributed by atoms with van der Waals surface area (Å²) < 4.78 is 0. The highest BCUT2D eigenvalue weighted by molar-refractivity contribution is 7.99. The van der Waals surface area contributed by atoms with Crippen molar-refractivity contribution >= 4 is 41.4 Å². The number of hydrogen-bond donors (Lipinski definition) is 2. The van der Waals surface area contributed by atoms with Gasteiger partial charge >= 0.3 is 6.03 Å². The lowest BCUT2D eigenvalue weighted by atomic mass is 10.2. The molecule has 1 aliphatic heterocycles. The molecule has 1 fully saturated rings. The zero-order valence-corrected chi connectivity index (χ0v) is 15.1. The molecular weight excluding hydrogens is 346 g/mol. The van der Waals surface area contributed by atoms with E-state index in [1.165, 1.54) is 0 Å². The summed E-state index contributed by atoms with van der Waals surface area (Å²) in [6.45, 7) is 0.258. The molecule has 1 heterocycles. The minimum atomic E-state index is -0.508. The molecule has 1 aromatic carbocycles. The van der Waals surface area contributed by atoms with Crippen LogP contribution in [0.15, 0.2) is 35.2 Å². The Kier molecular flexibility index (Phi) is 7.45. The zero-order valence-electron chi connectivity index (χ0n) is 13.5. The Morgan fingerprint density at radius 2 is 2.00 bits per heavy atom. The number of imide groups is 1. The van der Waals surface area contributed by atoms with Gasteiger partial charge in [-0.3, -0.25) is 14.5 Å². The van der Waals surface area contributed by atoms with Crippen molar-refractivity contribution in [3.63, 3.8) is 0 Å². The maximum absolute atomic E-state index is 12.1. The second kappa shape index (κ2) is 9.58. The summed E-state index contributed by atoms with van der Waals surface area (Å²) in [5.74, 6) is 0.875. The molecule has 0 radical (unpaired) electrons. The van der Waals surface area contributed by atoms with Crippen molar-refractivity contribution in [3.8, 4) is 0 Å². The Morgan fingerprint density at radius 3 is 2.71 bits per heavy atom. The number of amides is 4. The number of urea groups is 1. The van der Waals surface area contributed by atoms with E-state index >= 15 is 0 Å². The number of carbonyl (C=O) groups excluding carboxylic acids is 3. The van der Waals surface area contributed by atoms with E-state index in [9.17, 15) is 14.4 Å². The fraction of sp³-hybridized carbons (Fsp3) is 0.438. The van der Waals surface area contributed by atoms with Crippen molar-refractivity contribution in [2.24, 2.45) is 0 Å². The van der Waals surface area contributed by atoms with Gasteiger partial charge in [0, 0.05) is 17.2 Å². The SMILES string of the molecule is CSCC[C@H]1NC(=O)N(CC(=O)NCCSc2ccccc2)C1=O. The fourth-order valence-corrected chi connectivity index (χ4v) is 3.49. The van der Waals surface area contributed by atoms with Gasteiger partial charge in [0.05, 0.1) is 0 Å². The first-order valence-electron chi connectivity index (χ1n) is 7.67. The second-order valence-electron chi connectivity index (χ2n) is 5.22. The smallest absolute Gasteiger partial charge is 0.325 e. The van der Waals surface area contributed by atoms with Gasteiger partial charge in [-0.15, -0.1) is 11.8 Å². The van der Waals surface area contributed by atoms with E-state index in [2.05, 4.69) is 10.6 Å². The minimum absolute atomic E-state index is 0.226. The standard InChI is InChI=1S/C16H21N3O3S2/c1-23-9-7-13-15(21)19(16(22)18-13)11-14(20)17-8-10-24-12-5-3-2-4-6-12/h2-6,13H,7-11H2,1H3,(H,17,20)(H,18,22)/t13-/m1/s1. The lowest BCUT2D eigenvalue weighted by Crippen LogP contribution is -2.41. The summed E-state index contributed by atoms with van der Waals surface area (Å²) in [5, 5.41) is 5.36. The highest BCUT2D eigenvalue weighted by atomic mass is 32.2. The molecule has 1 aliphatic rings. The minimum Gasteiger partial charge on any atom is -0.354 e. The average molecular weight is 367 g/mol. The molecular formula is C16H21N3O3S2. The van der Waals surface area contributed by atoms with Gasteiger partial charge in [-0.05, 0) is 30.6 Å². The van der Waals surface area contributed by atoms with Crippen LogP contribution in [-0.4, -0.2) is 59.6 Å². The Hall–Kier alpha value is -1.67. The van der Waals surface area contributed by atoms with Crippen LogP contribution in [0.3, 0.4) is 0 Å². The molecule has 0 aliphatic carbocycles. The van der Waals surface area contributed by atoms with Crippen LogP contribution in [0.1, 0.15) is 6.42 Å². The molecule has 1 aromatic rings. The zero-order chi connectivity index (χ0) is 17.4. The van der Waals surface area contributed by atoms with E-state index in [0.717, 1.165) is 21.3 Å².